The van der Waals surface area contributed by atoms with E-state index in [1.165, 1.54) is 12.8 Å². The second-order valence-corrected chi connectivity index (χ2v) is 7.13. The Morgan fingerprint density at radius 1 is 0.846 bits per heavy atom. The van der Waals surface area contributed by atoms with Crippen LogP contribution in [0.15, 0.2) is 0 Å². The van der Waals surface area contributed by atoms with Gasteiger partial charge in [-0.1, -0.05) is 0 Å². The van der Waals surface area contributed by atoms with Crippen molar-refractivity contribution in [2.75, 3.05) is 0 Å². The molecule has 1 heterocycles. The Morgan fingerprint density at radius 2 is 1.69 bits per heavy atom. The molecule has 1 aliphatic heterocycles. The third kappa shape index (κ3) is 0.460. The molecule has 1 N–H and O–H groups in total. The molecule has 0 aromatic carbocycles. The summed E-state index contributed by atoms with van der Waals surface area (Å²) in [7, 11) is 0. The molecule has 4 rings (SSSR count). The fourth-order valence-corrected chi connectivity index (χ4v) is 8.23. The number of rotatable bonds is 0. The van der Waals surface area contributed by atoms with Crippen molar-refractivity contribution < 1.29 is 5.11 Å². The Bertz CT molecular complexity index is 292. The van der Waals surface area contributed by atoms with E-state index < -0.39 is 0 Å². The van der Waals surface area contributed by atoms with Crippen LogP contribution < -0.4 is 0 Å². The molecule has 0 aromatic heterocycles. The van der Waals surface area contributed by atoms with Crippen LogP contribution in [0.2, 0.25) is 0 Å². The molecule has 9 atom stereocenters. The minimum absolute atomic E-state index is 0.118. The smallest absolute Gasteiger partial charge is 0.0623 e. The van der Waals surface area contributed by atoms with Gasteiger partial charge >= 0.3 is 0 Å². The topological polar surface area (TPSA) is 20.2 Å². The zero-order valence-corrected chi connectivity index (χ0v) is 8.28. The van der Waals surface area contributed by atoms with Crippen LogP contribution in [0.3, 0.4) is 0 Å². The quantitative estimate of drug-likeness (QED) is 0.588. The van der Waals surface area contributed by atoms with E-state index >= 15 is 0 Å². The SMILES string of the molecule is O[C@@H]1[C@@H]2[C@@H]3CC[C@@H]4[C@@H]2S[C@@H]2[C@@H]1[C@H]3[C@H]42. The van der Waals surface area contributed by atoms with Gasteiger partial charge in [0.05, 0.1) is 6.10 Å². The molecule has 4 aliphatic rings. The molecule has 1 nitrogen and oxygen atoms in total. The molecular formula is C11H14OS. The first-order valence-electron chi connectivity index (χ1n) is 5.71. The fraction of sp³-hybridized carbons (Fsp3) is 1.00. The maximum absolute atomic E-state index is 10.2. The van der Waals surface area contributed by atoms with E-state index in [9.17, 15) is 5.11 Å². The largest absolute Gasteiger partial charge is 0.392 e. The van der Waals surface area contributed by atoms with Gasteiger partial charge in [-0.25, -0.2) is 0 Å². The van der Waals surface area contributed by atoms with Crippen LogP contribution in [0, 0.1) is 35.5 Å². The predicted octanol–water partition coefficient (Wildman–Crippen LogP) is 1.36. The number of aliphatic hydroxyl groups excluding tert-OH is 1. The molecule has 1 saturated heterocycles. The molecular weight excluding hydrogens is 180 g/mol. The molecule has 0 unspecified atom stereocenters. The second-order valence-electron chi connectivity index (χ2n) is 5.77. The Labute approximate surface area is 82.3 Å². The number of hydrogen-bond donors (Lipinski definition) is 1. The normalized spacial score (nSPS) is 80.5. The third-order valence-electron chi connectivity index (χ3n) is 5.87. The van der Waals surface area contributed by atoms with Gasteiger partial charge in [-0.05, 0) is 36.5 Å². The van der Waals surface area contributed by atoms with Crippen molar-refractivity contribution in [3.63, 3.8) is 0 Å². The lowest BCUT2D eigenvalue weighted by Crippen LogP contribution is -2.54. The highest BCUT2D eigenvalue weighted by Crippen LogP contribution is 2.79. The van der Waals surface area contributed by atoms with Gasteiger partial charge in [-0.3, -0.25) is 0 Å². The van der Waals surface area contributed by atoms with Crippen LogP contribution in [0.1, 0.15) is 12.8 Å². The van der Waals surface area contributed by atoms with Crippen LogP contribution in [-0.2, 0) is 0 Å². The molecule has 70 valence electrons. The number of fused-ring (bicyclic) bond motifs is 9. The summed E-state index contributed by atoms with van der Waals surface area (Å²) in [5.41, 5.74) is 0. The summed E-state index contributed by atoms with van der Waals surface area (Å²) < 4.78 is 0. The van der Waals surface area contributed by atoms with Crippen molar-refractivity contribution in [2.24, 2.45) is 35.5 Å². The summed E-state index contributed by atoms with van der Waals surface area (Å²) in [5, 5.41) is 12.0. The van der Waals surface area contributed by atoms with Gasteiger partial charge in [0.2, 0.25) is 0 Å². The van der Waals surface area contributed by atoms with Gasteiger partial charge in [-0.2, -0.15) is 11.8 Å². The van der Waals surface area contributed by atoms with Crippen molar-refractivity contribution in [3.8, 4) is 0 Å². The van der Waals surface area contributed by atoms with E-state index in [-0.39, 0.29) is 6.10 Å². The first-order chi connectivity index (χ1) is 6.38. The molecule has 0 spiro atoms. The standard InChI is InChI=1S/C11H14OS/c12-9-7-3-1-2-4-6-5(3)8(9)11(6)13-10(4)7/h3-12H,1-2H2/t3-,4+,5-,6+,7+,8-,9-,10+,11+/m1/s1. The van der Waals surface area contributed by atoms with Crippen molar-refractivity contribution in [2.45, 2.75) is 29.4 Å². The summed E-state index contributed by atoms with van der Waals surface area (Å²) in [6.07, 6.45) is 3.07. The van der Waals surface area contributed by atoms with E-state index in [0.717, 1.165) is 46.0 Å². The van der Waals surface area contributed by atoms with Gasteiger partial charge in [0, 0.05) is 22.3 Å². The van der Waals surface area contributed by atoms with Crippen LogP contribution >= 0.6 is 11.8 Å². The fourth-order valence-electron chi connectivity index (χ4n) is 5.72. The van der Waals surface area contributed by atoms with Gasteiger partial charge in [0.25, 0.3) is 0 Å². The number of thioether (sulfide) groups is 1. The average molecular weight is 194 g/mol. The highest BCUT2D eigenvalue weighted by atomic mass is 32.2. The Balaban J connectivity index is 1.79. The maximum Gasteiger partial charge on any atom is 0.0623 e. The summed E-state index contributed by atoms with van der Waals surface area (Å²) in [6.45, 7) is 0. The van der Waals surface area contributed by atoms with E-state index in [1.54, 1.807) is 0 Å². The molecule has 0 bridgehead atoms. The molecule has 2 heteroatoms. The van der Waals surface area contributed by atoms with E-state index in [0.29, 0.717) is 0 Å². The predicted molar refractivity (Wildman–Crippen MR) is 51.3 cm³/mol. The molecule has 0 radical (unpaired) electrons. The van der Waals surface area contributed by atoms with Gasteiger partial charge in [0.15, 0.2) is 0 Å². The Morgan fingerprint density at radius 3 is 2.62 bits per heavy atom. The first kappa shape index (κ1) is 6.73. The first-order valence-corrected chi connectivity index (χ1v) is 6.66. The van der Waals surface area contributed by atoms with E-state index in [1.807, 2.05) is 0 Å². The van der Waals surface area contributed by atoms with E-state index in [2.05, 4.69) is 11.8 Å². The highest BCUT2D eigenvalue weighted by Gasteiger charge is 2.78. The second kappa shape index (κ2) is 1.71. The average Bonchev–Trinajstić information content (AvgIpc) is 2.42. The summed E-state index contributed by atoms with van der Waals surface area (Å²) in [4.78, 5) is 0. The summed E-state index contributed by atoms with van der Waals surface area (Å²) in [6, 6.07) is 0. The Hall–Kier alpha value is 0.310. The van der Waals surface area contributed by atoms with Crippen molar-refractivity contribution in [1.29, 1.82) is 0 Å². The summed E-state index contributed by atoms with van der Waals surface area (Å²) in [5.74, 6) is 5.50. The van der Waals surface area contributed by atoms with Crippen LogP contribution in [0.5, 0.6) is 0 Å². The molecule has 4 fully saturated rings. The Kier molecular flexibility index (Phi) is 0.887. The van der Waals surface area contributed by atoms with Crippen molar-refractivity contribution in [3.05, 3.63) is 0 Å². The molecule has 3 saturated carbocycles. The molecule has 3 aliphatic carbocycles. The zero-order valence-electron chi connectivity index (χ0n) is 7.47. The summed E-state index contributed by atoms with van der Waals surface area (Å²) >= 11 is 2.27. The molecule has 0 amide bonds. The monoisotopic (exact) mass is 194 g/mol. The van der Waals surface area contributed by atoms with Gasteiger partial charge < -0.3 is 5.11 Å². The molecule has 13 heavy (non-hydrogen) atoms. The number of hydrogen-bond acceptors (Lipinski definition) is 2. The van der Waals surface area contributed by atoms with Crippen LogP contribution in [0.25, 0.3) is 0 Å². The lowest BCUT2D eigenvalue weighted by atomic mass is 9.50. The zero-order chi connectivity index (χ0) is 8.32. The van der Waals surface area contributed by atoms with Crippen molar-refractivity contribution >= 4 is 11.8 Å². The lowest BCUT2D eigenvalue weighted by Gasteiger charge is -2.53. The lowest BCUT2D eigenvalue weighted by molar-refractivity contribution is -0.0354. The van der Waals surface area contributed by atoms with Crippen molar-refractivity contribution in [1.82, 2.24) is 0 Å². The highest BCUT2D eigenvalue weighted by molar-refractivity contribution is 8.01. The minimum Gasteiger partial charge on any atom is -0.392 e. The molecule has 0 aromatic rings. The minimum atomic E-state index is 0.118. The van der Waals surface area contributed by atoms with Gasteiger partial charge in [0.1, 0.15) is 0 Å². The van der Waals surface area contributed by atoms with Crippen LogP contribution in [-0.4, -0.2) is 21.7 Å². The maximum atomic E-state index is 10.2. The van der Waals surface area contributed by atoms with Gasteiger partial charge in [-0.15, -0.1) is 0 Å². The third-order valence-corrected chi connectivity index (χ3v) is 7.79. The van der Waals surface area contributed by atoms with E-state index in [4.69, 9.17) is 0 Å². The number of aliphatic hydroxyl groups is 1. The van der Waals surface area contributed by atoms with Crippen LogP contribution in [0.4, 0.5) is 0 Å².